The number of benzene rings is 3. The first-order valence-electron chi connectivity index (χ1n) is 8.68. The summed E-state index contributed by atoms with van der Waals surface area (Å²) in [4.78, 5) is 24.8. The molecule has 3 aromatic rings. The predicted molar refractivity (Wildman–Crippen MR) is 110 cm³/mol. The van der Waals surface area contributed by atoms with Gasteiger partial charge in [-0.15, -0.1) is 0 Å². The minimum absolute atomic E-state index is 0.00353. The molecular formula is C22H20ClFN2O3. The summed E-state index contributed by atoms with van der Waals surface area (Å²) in [5.41, 5.74) is 5.29. The van der Waals surface area contributed by atoms with Gasteiger partial charge in [-0.05, 0) is 30.3 Å². The van der Waals surface area contributed by atoms with Crippen molar-refractivity contribution >= 4 is 23.4 Å². The summed E-state index contributed by atoms with van der Waals surface area (Å²) in [5, 5.41) is 10.1. The Morgan fingerprint density at radius 1 is 0.966 bits per heavy atom. The van der Waals surface area contributed by atoms with Crippen molar-refractivity contribution in [3.05, 3.63) is 101 Å². The highest BCUT2D eigenvalue weighted by Gasteiger charge is 2.21. The van der Waals surface area contributed by atoms with Gasteiger partial charge in [-0.25, -0.2) is 4.39 Å². The van der Waals surface area contributed by atoms with E-state index in [-0.39, 0.29) is 23.4 Å². The van der Waals surface area contributed by atoms with E-state index in [2.05, 4.69) is 0 Å². The molecule has 0 atom stereocenters. The van der Waals surface area contributed by atoms with E-state index in [1.807, 2.05) is 36.4 Å². The average molecular weight is 415 g/mol. The average Bonchev–Trinajstić information content (AvgIpc) is 2.71. The number of carbonyl (C=O) groups excluding carboxylic acids is 2. The topological polar surface area (TPSA) is 83.6 Å². The van der Waals surface area contributed by atoms with Crippen LogP contribution in [0.5, 0.6) is 5.75 Å². The summed E-state index contributed by atoms with van der Waals surface area (Å²) < 4.78 is 13.9. The molecule has 0 spiro atoms. The highest BCUT2D eigenvalue weighted by Crippen LogP contribution is 2.21. The maximum absolute atomic E-state index is 13.9. The standard InChI is InChI=1S/C16H14ClFN2O3.C6H6/c17-11-5-6-13(18)10(7-11)8-20(9-15(19)22)16(23)12-3-1-2-4-14(12)21;1-2-4-6-5-3-1/h1-7,21H,8-9H2,(H2,19,22);1-6H. The third-order valence-electron chi connectivity index (χ3n) is 3.80. The van der Waals surface area contributed by atoms with Gasteiger partial charge in [-0.3, -0.25) is 9.59 Å². The Labute approximate surface area is 173 Å². The van der Waals surface area contributed by atoms with Gasteiger partial charge in [0.1, 0.15) is 11.6 Å². The fraction of sp³-hybridized carbons (Fsp3) is 0.0909. The molecule has 0 aliphatic heterocycles. The lowest BCUT2D eigenvalue weighted by molar-refractivity contribution is -0.118. The van der Waals surface area contributed by atoms with Crippen molar-refractivity contribution in [2.45, 2.75) is 6.54 Å². The Morgan fingerprint density at radius 2 is 1.55 bits per heavy atom. The monoisotopic (exact) mass is 414 g/mol. The second kappa shape index (κ2) is 10.8. The molecule has 3 N–H and O–H groups in total. The summed E-state index contributed by atoms with van der Waals surface area (Å²) >= 11 is 5.83. The number of nitrogens with two attached hydrogens (primary N) is 1. The molecule has 0 fully saturated rings. The molecule has 0 aromatic heterocycles. The number of carbonyl (C=O) groups is 2. The van der Waals surface area contributed by atoms with Crippen LogP contribution >= 0.6 is 11.6 Å². The smallest absolute Gasteiger partial charge is 0.258 e. The predicted octanol–water partition coefficient (Wildman–Crippen LogP) is 4.00. The van der Waals surface area contributed by atoms with Gasteiger partial charge in [0.15, 0.2) is 0 Å². The molecule has 0 heterocycles. The molecule has 0 unspecified atom stereocenters. The molecule has 29 heavy (non-hydrogen) atoms. The van der Waals surface area contributed by atoms with Crippen LogP contribution in [0.25, 0.3) is 0 Å². The van der Waals surface area contributed by atoms with E-state index in [9.17, 15) is 19.1 Å². The van der Waals surface area contributed by atoms with Crippen LogP contribution in [-0.2, 0) is 11.3 Å². The first-order valence-corrected chi connectivity index (χ1v) is 9.06. The molecule has 0 radical (unpaired) electrons. The Balaban J connectivity index is 0.000000426. The molecule has 0 aliphatic carbocycles. The third-order valence-corrected chi connectivity index (χ3v) is 4.04. The lowest BCUT2D eigenvalue weighted by Crippen LogP contribution is -2.38. The van der Waals surface area contributed by atoms with E-state index in [4.69, 9.17) is 17.3 Å². The molecule has 5 nitrogen and oxygen atoms in total. The first-order chi connectivity index (χ1) is 13.9. The second-order valence-electron chi connectivity index (χ2n) is 6.04. The lowest BCUT2D eigenvalue weighted by atomic mass is 10.1. The molecule has 7 heteroatoms. The zero-order valence-corrected chi connectivity index (χ0v) is 16.2. The van der Waals surface area contributed by atoms with Crippen LogP contribution < -0.4 is 5.73 Å². The third kappa shape index (κ3) is 6.93. The number of nitrogens with zero attached hydrogens (tertiary/aromatic N) is 1. The number of hydrogen-bond acceptors (Lipinski definition) is 3. The highest BCUT2D eigenvalue weighted by atomic mass is 35.5. The minimum atomic E-state index is -0.754. The summed E-state index contributed by atoms with van der Waals surface area (Å²) in [7, 11) is 0. The van der Waals surface area contributed by atoms with Crippen molar-refractivity contribution in [1.82, 2.24) is 4.90 Å². The van der Waals surface area contributed by atoms with Crippen LogP contribution in [0.1, 0.15) is 15.9 Å². The maximum Gasteiger partial charge on any atom is 0.258 e. The van der Waals surface area contributed by atoms with E-state index in [1.165, 1.54) is 30.3 Å². The maximum atomic E-state index is 13.9. The molecule has 0 aliphatic rings. The van der Waals surface area contributed by atoms with Gasteiger partial charge in [0.2, 0.25) is 5.91 Å². The Hall–Kier alpha value is -3.38. The van der Waals surface area contributed by atoms with Gasteiger partial charge in [-0.2, -0.15) is 0 Å². The highest BCUT2D eigenvalue weighted by molar-refractivity contribution is 6.30. The van der Waals surface area contributed by atoms with E-state index >= 15 is 0 Å². The van der Waals surface area contributed by atoms with Crippen molar-refractivity contribution in [3.8, 4) is 5.75 Å². The Morgan fingerprint density at radius 3 is 2.10 bits per heavy atom. The fourth-order valence-electron chi connectivity index (χ4n) is 2.47. The fourth-order valence-corrected chi connectivity index (χ4v) is 2.66. The van der Waals surface area contributed by atoms with Crippen LogP contribution in [0.15, 0.2) is 78.9 Å². The van der Waals surface area contributed by atoms with Gasteiger partial charge in [0.25, 0.3) is 5.91 Å². The van der Waals surface area contributed by atoms with E-state index < -0.39 is 24.2 Å². The van der Waals surface area contributed by atoms with Crippen LogP contribution in [0.3, 0.4) is 0 Å². The molecule has 0 saturated carbocycles. The summed E-state index contributed by atoms with van der Waals surface area (Å²) in [6.07, 6.45) is 0. The number of aromatic hydroxyl groups is 1. The zero-order valence-electron chi connectivity index (χ0n) is 15.5. The number of halogens is 2. The van der Waals surface area contributed by atoms with Gasteiger partial charge in [0, 0.05) is 17.1 Å². The summed E-state index contributed by atoms with van der Waals surface area (Å²) in [6.45, 7) is -0.623. The van der Waals surface area contributed by atoms with Crippen LogP contribution in [0.4, 0.5) is 4.39 Å². The number of hydrogen-bond donors (Lipinski definition) is 2. The van der Waals surface area contributed by atoms with Crippen LogP contribution in [0, 0.1) is 5.82 Å². The van der Waals surface area contributed by atoms with Gasteiger partial charge < -0.3 is 15.7 Å². The first kappa shape index (κ1) is 21.9. The molecule has 0 bridgehead atoms. The van der Waals surface area contributed by atoms with Gasteiger partial charge in [0.05, 0.1) is 12.1 Å². The SMILES string of the molecule is NC(=O)CN(Cc1cc(Cl)ccc1F)C(=O)c1ccccc1O.c1ccccc1. The quantitative estimate of drug-likeness (QED) is 0.661. The van der Waals surface area contributed by atoms with Gasteiger partial charge in [-0.1, -0.05) is 60.1 Å². The van der Waals surface area contributed by atoms with Crippen molar-refractivity contribution in [2.24, 2.45) is 5.73 Å². The number of rotatable bonds is 5. The number of phenolic OH excluding ortho intramolecular Hbond substituents is 1. The lowest BCUT2D eigenvalue weighted by Gasteiger charge is -2.22. The van der Waals surface area contributed by atoms with Crippen molar-refractivity contribution in [2.75, 3.05) is 6.54 Å². The van der Waals surface area contributed by atoms with Crippen LogP contribution in [-0.4, -0.2) is 28.4 Å². The van der Waals surface area contributed by atoms with E-state index in [0.29, 0.717) is 5.02 Å². The van der Waals surface area contributed by atoms with E-state index in [0.717, 1.165) is 4.90 Å². The normalized spacial score (nSPS) is 9.86. The molecule has 150 valence electrons. The molecule has 3 rings (SSSR count). The molecule has 3 aromatic carbocycles. The summed E-state index contributed by atoms with van der Waals surface area (Å²) in [6, 6.07) is 21.8. The largest absolute Gasteiger partial charge is 0.507 e. The molecule has 0 saturated heterocycles. The number of para-hydroxylation sites is 1. The number of amides is 2. The minimum Gasteiger partial charge on any atom is -0.507 e. The van der Waals surface area contributed by atoms with Crippen LogP contribution in [0.2, 0.25) is 5.02 Å². The zero-order chi connectivity index (χ0) is 21.2. The number of primary amides is 1. The van der Waals surface area contributed by atoms with Crippen molar-refractivity contribution < 1.29 is 19.1 Å². The Bertz CT molecular complexity index is 941. The molecule has 2 amide bonds. The summed E-state index contributed by atoms with van der Waals surface area (Å²) in [5.74, 6) is -2.19. The van der Waals surface area contributed by atoms with Gasteiger partial charge >= 0.3 is 0 Å². The molecular weight excluding hydrogens is 395 g/mol. The number of phenols is 1. The van der Waals surface area contributed by atoms with Crippen molar-refractivity contribution in [1.29, 1.82) is 0 Å². The Kier molecular flexibility index (Phi) is 8.18. The van der Waals surface area contributed by atoms with E-state index in [1.54, 1.807) is 12.1 Å². The van der Waals surface area contributed by atoms with Crippen molar-refractivity contribution in [3.63, 3.8) is 0 Å². The second-order valence-corrected chi connectivity index (χ2v) is 6.47.